The van der Waals surface area contributed by atoms with Gasteiger partial charge in [-0.15, -0.1) is 0 Å². The Bertz CT molecular complexity index is 288. The third kappa shape index (κ3) is 3.79. The Hall–Kier alpha value is -0.420. The topological polar surface area (TPSA) is 52.6 Å². The number of piperidine rings is 1. The first-order chi connectivity index (χ1) is 8.69. The molecule has 2 rings (SSSR count). The molecule has 0 bridgehead atoms. The van der Waals surface area contributed by atoms with Crippen LogP contribution in [0.5, 0.6) is 0 Å². The van der Waals surface area contributed by atoms with Gasteiger partial charge in [0, 0.05) is 24.4 Å². The maximum atomic E-state index is 12.1. The van der Waals surface area contributed by atoms with Crippen LogP contribution in [0.3, 0.4) is 0 Å². The molecule has 18 heavy (non-hydrogen) atoms. The van der Waals surface area contributed by atoms with Gasteiger partial charge in [0.1, 0.15) is 0 Å². The number of urea groups is 1. The van der Waals surface area contributed by atoms with Crippen molar-refractivity contribution < 1.29 is 9.90 Å². The molecule has 4 nitrogen and oxygen atoms in total. The number of hydrogen-bond donors (Lipinski definition) is 2. The second kappa shape index (κ2) is 6.66. The molecular weight excluding hydrogens is 248 g/mol. The summed E-state index contributed by atoms with van der Waals surface area (Å²) in [6, 6.07) is 0.349. The number of aliphatic hydroxyl groups is 1. The summed E-state index contributed by atoms with van der Waals surface area (Å²) in [7, 11) is 0. The number of carbonyl (C=O) groups is 1. The molecule has 0 spiro atoms. The lowest BCUT2D eigenvalue weighted by Gasteiger charge is -2.31. The number of thioether (sulfide) groups is 1. The zero-order valence-corrected chi connectivity index (χ0v) is 11.9. The molecule has 104 valence electrons. The maximum absolute atomic E-state index is 12.1. The first-order valence-corrected chi connectivity index (χ1v) is 8.09. The van der Waals surface area contributed by atoms with E-state index in [0.717, 1.165) is 38.0 Å². The van der Waals surface area contributed by atoms with Gasteiger partial charge in [-0.1, -0.05) is 6.92 Å². The molecule has 0 radical (unpaired) electrons. The van der Waals surface area contributed by atoms with Gasteiger partial charge in [-0.3, -0.25) is 0 Å². The van der Waals surface area contributed by atoms with Gasteiger partial charge in [0.25, 0.3) is 0 Å². The zero-order valence-electron chi connectivity index (χ0n) is 11.1. The summed E-state index contributed by atoms with van der Waals surface area (Å²) in [6.07, 6.45) is 4.80. The van der Waals surface area contributed by atoms with Crippen molar-refractivity contribution in [1.82, 2.24) is 10.2 Å². The van der Waals surface area contributed by atoms with E-state index in [1.165, 1.54) is 6.42 Å². The lowest BCUT2D eigenvalue weighted by atomic mass is 10.1. The highest BCUT2D eigenvalue weighted by Gasteiger charge is 2.28. The molecule has 1 heterocycles. The van der Waals surface area contributed by atoms with Gasteiger partial charge in [-0.05, 0) is 37.9 Å². The quantitative estimate of drug-likeness (QED) is 0.824. The fourth-order valence-electron chi connectivity index (χ4n) is 2.86. The first kappa shape index (κ1) is 14.0. The lowest BCUT2D eigenvalue weighted by Crippen LogP contribution is -2.49. The molecule has 1 aliphatic carbocycles. The first-order valence-electron chi connectivity index (χ1n) is 7.04. The highest BCUT2D eigenvalue weighted by Crippen LogP contribution is 2.29. The Morgan fingerprint density at radius 3 is 3.00 bits per heavy atom. The number of likely N-dealkylation sites (tertiary alicyclic amines) is 1. The van der Waals surface area contributed by atoms with E-state index < -0.39 is 0 Å². The van der Waals surface area contributed by atoms with Crippen LogP contribution >= 0.6 is 11.8 Å². The van der Waals surface area contributed by atoms with E-state index in [4.69, 9.17) is 0 Å². The minimum absolute atomic E-state index is 0.0147. The number of hydrogen-bond acceptors (Lipinski definition) is 3. The van der Waals surface area contributed by atoms with Crippen LogP contribution in [0.15, 0.2) is 0 Å². The molecule has 1 saturated heterocycles. The molecule has 2 fully saturated rings. The molecule has 0 aromatic heterocycles. The van der Waals surface area contributed by atoms with Gasteiger partial charge < -0.3 is 15.3 Å². The van der Waals surface area contributed by atoms with Crippen molar-refractivity contribution in [2.45, 2.75) is 56.4 Å². The van der Waals surface area contributed by atoms with Crippen molar-refractivity contribution in [3.05, 3.63) is 0 Å². The van der Waals surface area contributed by atoms with Gasteiger partial charge >= 0.3 is 6.03 Å². The molecule has 1 saturated carbocycles. The second-order valence-electron chi connectivity index (χ2n) is 5.28. The zero-order chi connectivity index (χ0) is 13.0. The summed E-state index contributed by atoms with van der Waals surface area (Å²) in [4.78, 5) is 13.8. The van der Waals surface area contributed by atoms with Gasteiger partial charge in [0.05, 0.1) is 6.10 Å². The van der Waals surface area contributed by atoms with Gasteiger partial charge in [0.2, 0.25) is 0 Å². The van der Waals surface area contributed by atoms with Gasteiger partial charge in [-0.25, -0.2) is 4.79 Å². The fraction of sp³-hybridized carbons (Fsp3) is 0.923. The van der Waals surface area contributed by atoms with Crippen LogP contribution in [0.25, 0.3) is 0 Å². The van der Waals surface area contributed by atoms with E-state index in [2.05, 4.69) is 12.2 Å². The van der Waals surface area contributed by atoms with Crippen molar-refractivity contribution >= 4 is 17.8 Å². The predicted octanol–water partition coefficient (Wildman–Crippen LogP) is 1.83. The number of nitrogens with zero attached hydrogens (tertiary/aromatic N) is 1. The minimum atomic E-state index is -0.337. The minimum Gasteiger partial charge on any atom is -0.391 e. The largest absolute Gasteiger partial charge is 0.391 e. The number of amides is 2. The van der Waals surface area contributed by atoms with Crippen molar-refractivity contribution in [3.63, 3.8) is 0 Å². The predicted molar refractivity (Wildman–Crippen MR) is 74.9 cm³/mol. The number of carbonyl (C=O) groups excluding carboxylic acids is 1. The van der Waals surface area contributed by atoms with Crippen LogP contribution in [0.1, 0.15) is 39.0 Å². The molecule has 3 unspecified atom stereocenters. The Kier molecular flexibility index (Phi) is 5.18. The Balaban J connectivity index is 1.74. The summed E-state index contributed by atoms with van der Waals surface area (Å²) in [6.45, 7) is 3.46. The number of aliphatic hydroxyl groups excluding tert-OH is 1. The molecule has 3 atom stereocenters. The van der Waals surface area contributed by atoms with Crippen LogP contribution < -0.4 is 5.32 Å². The van der Waals surface area contributed by atoms with Crippen LogP contribution in [-0.4, -0.2) is 52.3 Å². The van der Waals surface area contributed by atoms with E-state index in [1.54, 1.807) is 4.90 Å². The second-order valence-corrected chi connectivity index (χ2v) is 6.86. The molecule has 2 N–H and O–H groups in total. The normalized spacial score (nSPS) is 32.6. The molecular formula is C13H24N2O2S. The average Bonchev–Trinajstić information content (AvgIpc) is 2.77. The van der Waals surface area contributed by atoms with Crippen LogP contribution in [0.4, 0.5) is 4.79 Å². The van der Waals surface area contributed by atoms with E-state index in [0.29, 0.717) is 17.8 Å². The number of β-amino-alcohol motifs (C(OH)–C–C–N with tert-alkyl or cyclic N) is 1. The summed E-state index contributed by atoms with van der Waals surface area (Å²) < 4.78 is 0. The molecule has 1 aliphatic heterocycles. The maximum Gasteiger partial charge on any atom is 0.317 e. The van der Waals surface area contributed by atoms with Crippen LogP contribution in [-0.2, 0) is 0 Å². The van der Waals surface area contributed by atoms with Crippen molar-refractivity contribution in [1.29, 1.82) is 0 Å². The summed E-state index contributed by atoms with van der Waals surface area (Å²) in [5.41, 5.74) is 0. The third-order valence-corrected chi connectivity index (χ3v) is 5.03. The van der Waals surface area contributed by atoms with Crippen LogP contribution in [0.2, 0.25) is 0 Å². The van der Waals surface area contributed by atoms with Gasteiger partial charge in [-0.2, -0.15) is 11.8 Å². The molecule has 0 aromatic carbocycles. The van der Waals surface area contributed by atoms with Crippen molar-refractivity contribution in [2.24, 2.45) is 0 Å². The third-order valence-electron chi connectivity index (χ3n) is 3.80. The molecule has 5 heteroatoms. The Morgan fingerprint density at radius 1 is 1.44 bits per heavy atom. The van der Waals surface area contributed by atoms with E-state index >= 15 is 0 Å². The molecule has 2 aliphatic rings. The SMILES string of the molecule is CCSC1CCC(NC(=O)N2CCCC(O)C2)C1. The lowest BCUT2D eigenvalue weighted by molar-refractivity contribution is 0.0833. The van der Waals surface area contributed by atoms with E-state index in [9.17, 15) is 9.90 Å². The monoisotopic (exact) mass is 272 g/mol. The van der Waals surface area contributed by atoms with Crippen molar-refractivity contribution in [2.75, 3.05) is 18.8 Å². The number of rotatable bonds is 3. The standard InChI is InChI=1S/C13H24N2O2S/c1-2-18-12-6-5-10(8-12)14-13(17)15-7-3-4-11(16)9-15/h10-12,16H,2-9H2,1H3,(H,14,17). The molecule has 2 amide bonds. The summed E-state index contributed by atoms with van der Waals surface area (Å²) >= 11 is 2.00. The van der Waals surface area contributed by atoms with E-state index in [1.807, 2.05) is 11.8 Å². The van der Waals surface area contributed by atoms with E-state index in [-0.39, 0.29) is 12.1 Å². The highest BCUT2D eigenvalue weighted by molar-refractivity contribution is 7.99. The van der Waals surface area contributed by atoms with Crippen LogP contribution in [0, 0.1) is 0 Å². The van der Waals surface area contributed by atoms with Gasteiger partial charge in [0.15, 0.2) is 0 Å². The highest BCUT2D eigenvalue weighted by atomic mass is 32.2. The Morgan fingerprint density at radius 2 is 2.28 bits per heavy atom. The Labute approximate surface area is 113 Å². The summed E-state index contributed by atoms with van der Waals surface area (Å²) in [5.74, 6) is 1.16. The van der Waals surface area contributed by atoms with Crippen molar-refractivity contribution in [3.8, 4) is 0 Å². The average molecular weight is 272 g/mol. The number of nitrogens with one attached hydrogen (secondary N) is 1. The molecule has 0 aromatic rings. The fourth-order valence-corrected chi connectivity index (χ4v) is 4.01. The smallest absolute Gasteiger partial charge is 0.317 e. The summed E-state index contributed by atoms with van der Waals surface area (Å²) in [5, 5.41) is 13.4.